The van der Waals surface area contributed by atoms with Crippen LogP contribution in [0.25, 0.3) is 21.9 Å². The van der Waals surface area contributed by atoms with Gasteiger partial charge < -0.3 is 29.7 Å². The monoisotopic (exact) mass is 645 g/mol. The summed E-state index contributed by atoms with van der Waals surface area (Å²) in [6.07, 6.45) is -3.57. The molecule has 6 atom stereocenters. The summed E-state index contributed by atoms with van der Waals surface area (Å²) in [5.74, 6) is -0.116. The van der Waals surface area contributed by atoms with Gasteiger partial charge in [-0.3, -0.25) is 13.9 Å². The van der Waals surface area contributed by atoms with Crippen molar-refractivity contribution in [2.45, 2.75) is 63.9 Å². The summed E-state index contributed by atoms with van der Waals surface area (Å²) in [6.45, 7) is 5.40. The fraction of sp³-hybridized carbons (Fsp3) is 0.448. The molecule has 2 aromatic heterocycles. The standard InChI is InChI=1S/C29H37FN7O7P/c1-16(2)42-26(39)17(3)35-45(40,44-20-13-9-11-18-10-7-8-12-19(18)20)41-14-21-23(38)29(4,30)27(43-21)37-15-32-22-24(36(5)6)33-28(31)34-25(22)37/h7-13,15-17,21,23,27,38H,14H2,1-6H3,(H,35,40)(H2,31,33,34)/t17-,21-,23-,27-,29-,45?/m1/s1. The molecule has 1 unspecified atom stereocenters. The Labute approximate surface area is 259 Å². The number of nitrogen functional groups attached to an aromatic ring is 1. The van der Waals surface area contributed by atoms with E-state index in [4.69, 9.17) is 24.3 Å². The summed E-state index contributed by atoms with van der Waals surface area (Å²) in [4.78, 5) is 27.0. The molecule has 1 aliphatic rings. The lowest BCUT2D eigenvalue weighted by Crippen LogP contribution is -2.41. The van der Waals surface area contributed by atoms with Crippen molar-refractivity contribution in [3.63, 3.8) is 0 Å². The minimum Gasteiger partial charge on any atom is -0.462 e. The number of imidazole rings is 1. The first-order chi connectivity index (χ1) is 21.2. The van der Waals surface area contributed by atoms with Gasteiger partial charge in [0.1, 0.15) is 24.0 Å². The SMILES string of the molecule is CC(C)OC(=O)[C@@H](C)NP(=O)(OC[C@H]1O[C@@H](n2cnc3c(N(C)C)nc(N)nc32)[C@](C)(F)[C@@H]1O)Oc1cccc2ccccc12. The van der Waals surface area contributed by atoms with Crippen LogP contribution in [0.3, 0.4) is 0 Å². The van der Waals surface area contributed by atoms with Gasteiger partial charge in [-0.15, -0.1) is 0 Å². The number of halogens is 1. The zero-order valence-electron chi connectivity index (χ0n) is 25.7. The summed E-state index contributed by atoms with van der Waals surface area (Å²) in [5.41, 5.74) is 4.08. The van der Waals surface area contributed by atoms with Crippen molar-refractivity contribution >= 4 is 47.4 Å². The van der Waals surface area contributed by atoms with Crippen LogP contribution in [0.2, 0.25) is 0 Å². The summed E-state index contributed by atoms with van der Waals surface area (Å²) < 4.78 is 54.7. The van der Waals surface area contributed by atoms with Gasteiger partial charge >= 0.3 is 13.7 Å². The lowest BCUT2D eigenvalue weighted by Gasteiger charge is -2.26. The number of benzene rings is 2. The van der Waals surface area contributed by atoms with Crippen molar-refractivity contribution in [1.82, 2.24) is 24.6 Å². The average Bonchev–Trinajstić information content (AvgIpc) is 3.48. The molecule has 1 saturated heterocycles. The second-order valence-corrected chi connectivity index (χ2v) is 13.1. The third kappa shape index (κ3) is 6.58. The zero-order valence-corrected chi connectivity index (χ0v) is 26.6. The number of nitrogens with two attached hydrogens (primary N) is 1. The molecule has 1 fully saturated rings. The van der Waals surface area contributed by atoms with Crippen LogP contribution in [0.1, 0.15) is 33.9 Å². The van der Waals surface area contributed by atoms with Crippen LogP contribution in [0.5, 0.6) is 5.75 Å². The first kappa shape index (κ1) is 32.5. The fourth-order valence-electron chi connectivity index (χ4n) is 5.04. The van der Waals surface area contributed by atoms with Crippen LogP contribution in [0, 0.1) is 0 Å². The number of hydrogen-bond acceptors (Lipinski definition) is 12. The summed E-state index contributed by atoms with van der Waals surface area (Å²) in [5, 5.41) is 15.1. The molecule has 0 bridgehead atoms. The number of ether oxygens (including phenoxy) is 2. The zero-order chi connectivity index (χ0) is 32.7. The van der Waals surface area contributed by atoms with E-state index in [2.05, 4.69) is 20.0 Å². The lowest BCUT2D eigenvalue weighted by molar-refractivity contribution is -0.149. The number of aliphatic hydroxyl groups is 1. The molecule has 0 radical (unpaired) electrons. The lowest BCUT2D eigenvalue weighted by atomic mass is 9.98. The Morgan fingerprint density at radius 1 is 1.22 bits per heavy atom. The Morgan fingerprint density at radius 3 is 2.64 bits per heavy atom. The van der Waals surface area contributed by atoms with E-state index >= 15 is 4.39 Å². The molecule has 5 rings (SSSR count). The predicted octanol–water partition coefficient (Wildman–Crippen LogP) is 3.75. The Bertz CT molecular complexity index is 1750. The second kappa shape index (κ2) is 12.5. The van der Waals surface area contributed by atoms with Crippen LogP contribution in [0.15, 0.2) is 48.8 Å². The van der Waals surface area contributed by atoms with E-state index in [1.165, 1.54) is 24.7 Å². The van der Waals surface area contributed by atoms with E-state index in [0.29, 0.717) is 16.7 Å². The number of aromatic nitrogens is 4. The Hall–Kier alpha value is -3.88. The molecule has 3 heterocycles. The maximum absolute atomic E-state index is 16.2. The van der Waals surface area contributed by atoms with Gasteiger partial charge in [0.15, 0.2) is 28.9 Å². The van der Waals surface area contributed by atoms with E-state index in [1.807, 2.05) is 18.2 Å². The predicted molar refractivity (Wildman–Crippen MR) is 165 cm³/mol. The minimum atomic E-state index is -4.39. The summed E-state index contributed by atoms with van der Waals surface area (Å²) in [7, 11) is -0.892. The number of fused-ring (bicyclic) bond motifs is 2. The summed E-state index contributed by atoms with van der Waals surface area (Å²) in [6, 6.07) is 11.3. The number of aliphatic hydroxyl groups excluding tert-OH is 1. The van der Waals surface area contributed by atoms with Crippen molar-refractivity contribution in [3.8, 4) is 5.75 Å². The molecule has 0 saturated carbocycles. The highest BCUT2D eigenvalue weighted by Crippen LogP contribution is 2.49. The topological polar surface area (TPSA) is 176 Å². The van der Waals surface area contributed by atoms with E-state index in [-0.39, 0.29) is 17.3 Å². The molecule has 1 aliphatic heterocycles. The Kier molecular flexibility index (Phi) is 9.02. The van der Waals surface area contributed by atoms with E-state index in [9.17, 15) is 14.5 Å². The molecule has 0 spiro atoms. The maximum atomic E-state index is 16.2. The number of nitrogens with one attached hydrogen (secondary N) is 1. The summed E-state index contributed by atoms with van der Waals surface area (Å²) >= 11 is 0. The molecular weight excluding hydrogens is 608 g/mol. The molecule has 14 nitrogen and oxygen atoms in total. The number of anilines is 2. The normalized spacial score (nSPS) is 23.7. The Balaban J connectivity index is 1.42. The van der Waals surface area contributed by atoms with Gasteiger partial charge in [-0.05, 0) is 39.1 Å². The molecule has 242 valence electrons. The molecule has 45 heavy (non-hydrogen) atoms. The Morgan fingerprint density at radius 2 is 1.93 bits per heavy atom. The molecule has 4 N–H and O–H groups in total. The van der Waals surface area contributed by atoms with Crippen LogP contribution < -0.4 is 20.2 Å². The number of hydrogen-bond donors (Lipinski definition) is 3. The van der Waals surface area contributed by atoms with Crippen LogP contribution in [0.4, 0.5) is 16.2 Å². The number of alkyl halides is 1. The van der Waals surface area contributed by atoms with Crippen LogP contribution in [-0.4, -0.2) is 81.3 Å². The smallest absolute Gasteiger partial charge is 0.459 e. The van der Waals surface area contributed by atoms with E-state index in [0.717, 1.165) is 5.39 Å². The van der Waals surface area contributed by atoms with E-state index in [1.54, 1.807) is 57.1 Å². The van der Waals surface area contributed by atoms with Crippen molar-refractivity contribution in [2.24, 2.45) is 0 Å². The number of carbonyl (C=O) groups is 1. The van der Waals surface area contributed by atoms with Gasteiger partial charge in [0.2, 0.25) is 5.95 Å². The first-order valence-electron chi connectivity index (χ1n) is 14.3. The molecule has 16 heteroatoms. The van der Waals surface area contributed by atoms with Crippen molar-refractivity contribution in [1.29, 1.82) is 0 Å². The van der Waals surface area contributed by atoms with Gasteiger partial charge in [0.05, 0.1) is 19.0 Å². The molecular formula is C29H37FN7O7P. The van der Waals surface area contributed by atoms with Crippen molar-refractivity contribution < 1.29 is 37.4 Å². The van der Waals surface area contributed by atoms with Crippen molar-refractivity contribution in [3.05, 3.63) is 48.8 Å². The average molecular weight is 646 g/mol. The highest BCUT2D eigenvalue weighted by atomic mass is 31.2. The minimum absolute atomic E-state index is 0.0605. The largest absolute Gasteiger partial charge is 0.462 e. The van der Waals surface area contributed by atoms with Crippen LogP contribution in [-0.2, 0) is 23.4 Å². The fourth-order valence-corrected chi connectivity index (χ4v) is 6.56. The number of carbonyl (C=O) groups excluding carboxylic acids is 1. The van der Waals surface area contributed by atoms with E-state index < -0.39 is 56.6 Å². The molecule has 4 aromatic rings. The number of rotatable bonds is 11. The van der Waals surface area contributed by atoms with Gasteiger partial charge in [-0.25, -0.2) is 13.9 Å². The van der Waals surface area contributed by atoms with Gasteiger partial charge in [0, 0.05) is 19.5 Å². The van der Waals surface area contributed by atoms with Gasteiger partial charge in [-0.2, -0.15) is 15.1 Å². The van der Waals surface area contributed by atoms with Gasteiger partial charge in [-0.1, -0.05) is 36.4 Å². The first-order valence-corrected chi connectivity index (χ1v) is 15.8. The van der Waals surface area contributed by atoms with Crippen LogP contribution >= 0.6 is 7.75 Å². The molecule has 2 aromatic carbocycles. The quantitative estimate of drug-likeness (QED) is 0.159. The number of esters is 1. The van der Waals surface area contributed by atoms with Gasteiger partial charge in [0.25, 0.3) is 0 Å². The third-order valence-corrected chi connectivity index (χ3v) is 8.88. The van der Waals surface area contributed by atoms with Crippen molar-refractivity contribution in [2.75, 3.05) is 31.3 Å². The highest BCUT2D eigenvalue weighted by Gasteiger charge is 2.56. The second-order valence-electron chi connectivity index (χ2n) is 11.4. The maximum Gasteiger partial charge on any atom is 0.459 e. The molecule has 0 aliphatic carbocycles. The highest BCUT2D eigenvalue weighted by molar-refractivity contribution is 7.52. The molecule has 0 amide bonds. The number of nitrogens with zero attached hydrogens (tertiary/aromatic N) is 5. The third-order valence-electron chi connectivity index (χ3n) is 7.25.